The molecule has 0 atom stereocenters. The molecule has 0 spiro atoms. The zero-order chi connectivity index (χ0) is 8.57. The molecule has 0 aromatic rings. The molecule has 0 heterocycles. The van der Waals surface area contributed by atoms with Crippen molar-refractivity contribution < 1.29 is 83.7 Å². The molecule has 0 amide bonds. The van der Waals surface area contributed by atoms with E-state index < -0.39 is 11.9 Å². The van der Waals surface area contributed by atoms with E-state index >= 15 is 0 Å². The smallest absolute Gasteiger partial charge is 0.550 e. The zero-order valence-electron chi connectivity index (χ0n) is 7.33. The van der Waals surface area contributed by atoms with Crippen LogP contribution in [0.15, 0.2) is 0 Å². The molecule has 0 aliphatic heterocycles. The van der Waals surface area contributed by atoms with Gasteiger partial charge in [-0.25, -0.2) is 0 Å². The molecule has 12 heavy (non-hydrogen) atoms. The van der Waals surface area contributed by atoms with Crippen molar-refractivity contribution in [1.29, 1.82) is 0 Å². The topological polar surface area (TPSA) is 97.3 Å². The van der Waals surface area contributed by atoms with Gasteiger partial charge in [0.25, 0.3) is 0 Å². The van der Waals surface area contributed by atoms with E-state index in [2.05, 4.69) is 0 Å². The minimum Gasteiger partial charge on any atom is -0.550 e. The number of aldehydes is 1. The van der Waals surface area contributed by atoms with Gasteiger partial charge >= 0.3 is 59.1 Å². The third-order valence-corrected chi connectivity index (χ3v) is 0.385. The maximum absolute atomic E-state index is 9.26. The number of aliphatic carboxylic acids is 2. The van der Waals surface area contributed by atoms with Crippen molar-refractivity contribution in [2.75, 3.05) is 0 Å². The Labute approximate surface area is 114 Å². The minimum atomic E-state index is -1.68. The van der Waals surface area contributed by atoms with Crippen molar-refractivity contribution in [3.8, 4) is 0 Å². The molecule has 0 saturated heterocycles. The SMILES string of the molecule is CCC(=O)[O-].O=CC(=O)[O-].[Na+].[Na+]. The second-order valence-corrected chi connectivity index (χ2v) is 1.16. The first kappa shape index (κ1) is 22.9. The predicted octanol–water partition coefficient (Wildman–Crippen LogP) is -8.91. The summed E-state index contributed by atoms with van der Waals surface area (Å²) in [6.45, 7) is 1.54. The summed E-state index contributed by atoms with van der Waals surface area (Å²) in [6, 6.07) is 0. The summed E-state index contributed by atoms with van der Waals surface area (Å²) in [6.07, 6.45) is -0.167. The molecule has 0 unspecified atom stereocenters. The number of rotatable bonds is 2. The Bertz CT molecular complexity index is 136. The summed E-state index contributed by atoms with van der Waals surface area (Å²) in [7, 11) is 0. The first-order valence-corrected chi connectivity index (χ1v) is 2.40. The number of hydrogen-bond acceptors (Lipinski definition) is 5. The van der Waals surface area contributed by atoms with Gasteiger partial charge in [-0.05, 0) is 6.42 Å². The van der Waals surface area contributed by atoms with Gasteiger partial charge in [0, 0.05) is 5.97 Å². The third-order valence-electron chi connectivity index (χ3n) is 0.385. The van der Waals surface area contributed by atoms with Crippen molar-refractivity contribution in [1.82, 2.24) is 0 Å². The molecule has 58 valence electrons. The molecule has 5 nitrogen and oxygen atoms in total. The van der Waals surface area contributed by atoms with E-state index in [1.54, 1.807) is 0 Å². The van der Waals surface area contributed by atoms with Crippen molar-refractivity contribution in [2.24, 2.45) is 0 Å². The van der Waals surface area contributed by atoms with Crippen LogP contribution in [0.4, 0.5) is 0 Å². The number of carboxylic acid groups (broad SMARTS) is 2. The molecule has 0 fully saturated rings. The van der Waals surface area contributed by atoms with Crippen LogP contribution in [0.1, 0.15) is 13.3 Å². The fraction of sp³-hybridized carbons (Fsp3) is 0.400. The molecular formula is C5H6Na2O5. The molecule has 0 bridgehead atoms. The van der Waals surface area contributed by atoms with Gasteiger partial charge in [0.2, 0.25) is 0 Å². The molecule has 7 heteroatoms. The van der Waals surface area contributed by atoms with Gasteiger partial charge in [-0.2, -0.15) is 0 Å². The molecule has 0 aromatic heterocycles. The molecule has 0 saturated carbocycles. The van der Waals surface area contributed by atoms with Crippen LogP contribution < -0.4 is 69.3 Å². The molecule has 0 aliphatic carbocycles. The van der Waals surface area contributed by atoms with E-state index in [9.17, 15) is 9.90 Å². The van der Waals surface area contributed by atoms with Gasteiger partial charge in [-0.15, -0.1) is 0 Å². The normalized spacial score (nSPS) is 5.75. The van der Waals surface area contributed by atoms with E-state index in [-0.39, 0.29) is 71.8 Å². The number of carboxylic acids is 2. The number of carbonyl (C=O) groups is 3. The van der Waals surface area contributed by atoms with E-state index in [1.165, 1.54) is 6.92 Å². The maximum atomic E-state index is 9.26. The Morgan fingerprint density at radius 1 is 1.25 bits per heavy atom. The summed E-state index contributed by atoms with van der Waals surface area (Å²) in [5.74, 6) is -2.67. The van der Waals surface area contributed by atoms with E-state index in [1.807, 2.05) is 0 Å². The van der Waals surface area contributed by atoms with Gasteiger partial charge in [-0.1, -0.05) is 6.92 Å². The van der Waals surface area contributed by atoms with Crippen LogP contribution in [0.25, 0.3) is 0 Å². The van der Waals surface area contributed by atoms with Crippen LogP contribution in [0.5, 0.6) is 0 Å². The second-order valence-electron chi connectivity index (χ2n) is 1.16. The van der Waals surface area contributed by atoms with Crippen LogP contribution in [0.3, 0.4) is 0 Å². The Kier molecular flexibility index (Phi) is 33.7. The predicted molar refractivity (Wildman–Crippen MR) is 26.4 cm³/mol. The van der Waals surface area contributed by atoms with Crippen LogP contribution in [-0.2, 0) is 14.4 Å². The zero-order valence-corrected chi connectivity index (χ0v) is 11.3. The van der Waals surface area contributed by atoms with Crippen LogP contribution in [-0.4, -0.2) is 18.2 Å². The largest absolute Gasteiger partial charge is 1.00 e. The Hall–Kier alpha value is 0.610. The second kappa shape index (κ2) is 17.6. The average molecular weight is 192 g/mol. The van der Waals surface area contributed by atoms with Crippen LogP contribution >= 0.6 is 0 Å². The van der Waals surface area contributed by atoms with Crippen molar-refractivity contribution in [2.45, 2.75) is 13.3 Å². The van der Waals surface area contributed by atoms with Crippen LogP contribution in [0.2, 0.25) is 0 Å². The summed E-state index contributed by atoms with van der Waals surface area (Å²) in [4.78, 5) is 27.0. The summed E-state index contributed by atoms with van der Waals surface area (Å²) < 4.78 is 0. The first-order valence-electron chi connectivity index (χ1n) is 2.40. The quantitative estimate of drug-likeness (QED) is 0.246. The molecule has 0 aliphatic rings. The standard InChI is InChI=1S/C3H6O2.C2H2O3.2Na/c1-2-3(4)5;3-1-2(4)5;;/h2H2,1H3,(H,4,5);1H,(H,4,5);;/q;;2*+1/p-2. The van der Waals surface area contributed by atoms with Gasteiger partial charge in [0.05, 0.1) is 0 Å². The molecule has 0 aromatic carbocycles. The fourth-order valence-corrected chi connectivity index (χ4v) is 0. The Morgan fingerprint density at radius 3 is 1.42 bits per heavy atom. The summed E-state index contributed by atoms with van der Waals surface area (Å²) >= 11 is 0. The molecule has 0 N–H and O–H groups in total. The van der Waals surface area contributed by atoms with E-state index in [4.69, 9.17) is 14.7 Å². The van der Waals surface area contributed by atoms with Crippen molar-refractivity contribution in [3.05, 3.63) is 0 Å². The minimum absolute atomic E-state index is 0. The number of hydrogen-bond donors (Lipinski definition) is 0. The number of carbonyl (C=O) groups excluding carboxylic acids is 3. The van der Waals surface area contributed by atoms with Gasteiger partial charge in [0.1, 0.15) is 5.97 Å². The first-order chi connectivity index (χ1) is 4.54. The van der Waals surface area contributed by atoms with Crippen molar-refractivity contribution in [3.63, 3.8) is 0 Å². The van der Waals surface area contributed by atoms with Gasteiger partial charge < -0.3 is 19.8 Å². The summed E-state index contributed by atoms with van der Waals surface area (Å²) in [5.41, 5.74) is 0. The van der Waals surface area contributed by atoms with E-state index in [0.29, 0.717) is 0 Å². The molecule has 0 rings (SSSR count). The molecule has 0 radical (unpaired) electrons. The van der Waals surface area contributed by atoms with Gasteiger partial charge in [-0.3, -0.25) is 4.79 Å². The van der Waals surface area contributed by atoms with Crippen molar-refractivity contribution >= 4 is 18.2 Å². The van der Waals surface area contributed by atoms with Crippen LogP contribution in [0, 0.1) is 0 Å². The Balaban J connectivity index is -0.0000000457. The third kappa shape index (κ3) is 46.1. The average Bonchev–Trinajstić information content (AvgIpc) is 1.89. The van der Waals surface area contributed by atoms with E-state index in [0.717, 1.165) is 0 Å². The van der Waals surface area contributed by atoms with Gasteiger partial charge in [0.15, 0.2) is 6.29 Å². The monoisotopic (exact) mass is 192 g/mol. The molecular weight excluding hydrogens is 186 g/mol. The maximum Gasteiger partial charge on any atom is 1.00 e. The fourth-order valence-electron chi connectivity index (χ4n) is 0. The summed E-state index contributed by atoms with van der Waals surface area (Å²) in [5, 5.41) is 18.1. The Morgan fingerprint density at radius 2 is 1.42 bits per heavy atom.